The first-order valence-corrected chi connectivity index (χ1v) is 3.80. The maximum atomic E-state index is 12.7. The van der Waals surface area contributed by atoms with Gasteiger partial charge in [0.2, 0.25) is 5.71 Å². The lowest BCUT2D eigenvalue weighted by molar-refractivity contribution is 0.475. The summed E-state index contributed by atoms with van der Waals surface area (Å²) in [5.74, 6) is -0.795. The van der Waals surface area contributed by atoms with Crippen molar-refractivity contribution in [1.82, 2.24) is 0 Å². The Morgan fingerprint density at radius 3 is 2.67 bits per heavy atom. The molecule has 0 aliphatic heterocycles. The van der Waals surface area contributed by atoms with Crippen LogP contribution in [-0.4, -0.2) is 10.8 Å². The van der Waals surface area contributed by atoms with Crippen molar-refractivity contribution in [3.05, 3.63) is 24.0 Å². The number of anilines is 1. The highest BCUT2D eigenvalue weighted by Gasteiger charge is 2.02. The summed E-state index contributed by atoms with van der Waals surface area (Å²) < 4.78 is 12.7. The molecule has 0 aliphatic carbocycles. The Kier molecular flexibility index (Phi) is 3.20. The van der Waals surface area contributed by atoms with E-state index in [4.69, 9.17) is 10.5 Å². The van der Waals surface area contributed by atoms with Gasteiger partial charge in [-0.2, -0.15) is 15.6 Å². The summed E-state index contributed by atoms with van der Waals surface area (Å²) in [5, 5.41) is 29.3. The number of phenols is 1. The van der Waals surface area contributed by atoms with Gasteiger partial charge in [0.05, 0.1) is 0 Å². The third kappa shape index (κ3) is 2.68. The Morgan fingerprint density at radius 1 is 1.40 bits per heavy atom. The van der Waals surface area contributed by atoms with Gasteiger partial charge in [0.15, 0.2) is 0 Å². The lowest BCUT2D eigenvalue weighted by atomic mass is 10.3. The smallest absolute Gasteiger partial charge is 0.237 e. The largest absolute Gasteiger partial charge is 0.506 e. The highest BCUT2D eigenvalue weighted by molar-refractivity contribution is 6.10. The van der Waals surface area contributed by atoms with E-state index in [9.17, 15) is 9.50 Å². The number of benzene rings is 1. The topological polar surface area (TPSA) is 92.2 Å². The van der Waals surface area contributed by atoms with Crippen molar-refractivity contribution in [2.75, 3.05) is 5.43 Å². The van der Waals surface area contributed by atoms with Gasteiger partial charge in [-0.05, 0) is 12.1 Å². The minimum Gasteiger partial charge on any atom is -0.506 e. The van der Waals surface area contributed by atoms with Gasteiger partial charge in [-0.3, -0.25) is 5.43 Å². The summed E-state index contributed by atoms with van der Waals surface area (Å²) in [7, 11) is 0. The summed E-state index contributed by atoms with van der Waals surface area (Å²) in [6, 6.07) is 6.21. The van der Waals surface area contributed by atoms with E-state index in [1.54, 1.807) is 0 Å². The van der Waals surface area contributed by atoms with Crippen LogP contribution in [0.25, 0.3) is 0 Å². The molecular formula is C9H5FN4O. The second-order valence-corrected chi connectivity index (χ2v) is 2.46. The first-order valence-electron chi connectivity index (χ1n) is 3.80. The first-order chi connectivity index (χ1) is 7.17. The molecule has 0 radical (unpaired) electrons. The molecule has 2 N–H and O–H groups in total. The summed E-state index contributed by atoms with van der Waals surface area (Å²) in [4.78, 5) is 0. The molecule has 0 saturated heterocycles. The number of aromatic hydroxyl groups is 1. The van der Waals surface area contributed by atoms with Crippen LogP contribution < -0.4 is 5.43 Å². The molecule has 6 heteroatoms. The Balaban J connectivity index is 2.92. The van der Waals surface area contributed by atoms with Crippen LogP contribution in [0.5, 0.6) is 5.75 Å². The summed E-state index contributed by atoms with van der Waals surface area (Å²) >= 11 is 0. The normalized spacial score (nSPS) is 8.47. The number of hydrogen-bond donors (Lipinski definition) is 2. The van der Waals surface area contributed by atoms with Crippen molar-refractivity contribution in [3.8, 4) is 17.9 Å². The van der Waals surface area contributed by atoms with Crippen LogP contribution >= 0.6 is 0 Å². The van der Waals surface area contributed by atoms with Crippen molar-refractivity contribution in [2.24, 2.45) is 5.10 Å². The number of nitrogens with zero attached hydrogens (tertiary/aromatic N) is 3. The van der Waals surface area contributed by atoms with E-state index in [1.807, 2.05) is 0 Å². The van der Waals surface area contributed by atoms with Gasteiger partial charge in [-0.1, -0.05) is 0 Å². The van der Waals surface area contributed by atoms with E-state index in [0.29, 0.717) is 0 Å². The minimum atomic E-state index is -0.569. The molecule has 15 heavy (non-hydrogen) atoms. The average molecular weight is 204 g/mol. The fourth-order valence-electron chi connectivity index (χ4n) is 0.789. The molecule has 5 nitrogen and oxygen atoms in total. The van der Waals surface area contributed by atoms with Crippen LogP contribution in [0.15, 0.2) is 23.3 Å². The van der Waals surface area contributed by atoms with Crippen LogP contribution in [0, 0.1) is 28.5 Å². The molecule has 0 atom stereocenters. The number of hydrazone groups is 1. The molecular weight excluding hydrogens is 199 g/mol. The SMILES string of the molecule is N#CC(C#N)=NNc1cc(F)ccc1O. The Labute approximate surface area is 84.7 Å². The van der Waals surface area contributed by atoms with E-state index in [1.165, 1.54) is 12.1 Å². The fraction of sp³-hybridized carbons (Fsp3) is 0. The van der Waals surface area contributed by atoms with E-state index < -0.39 is 11.5 Å². The fourth-order valence-corrected chi connectivity index (χ4v) is 0.789. The molecule has 0 aromatic heterocycles. The number of hydrogen-bond acceptors (Lipinski definition) is 5. The standard InChI is InChI=1S/C9H5FN4O/c10-6-1-2-9(15)8(3-6)14-13-7(4-11)5-12/h1-3,14-15H. The molecule has 0 saturated carbocycles. The molecule has 0 bridgehead atoms. The first kappa shape index (κ1) is 10.5. The van der Waals surface area contributed by atoms with Gasteiger partial charge in [-0.25, -0.2) is 4.39 Å². The maximum absolute atomic E-state index is 12.7. The highest BCUT2D eigenvalue weighted by Crippen LogP contribution is 2.23. The highest BCUT2D eigenvalue weighted by atomic mass is 19.1. The molecule has 0 spiro atoms. The van der Waals surface area contributed by atoms with Crippen molar-refractivity contribution >= 4 is 11.4 Å². The second-order valence-electron chi connectivity index (χ2n) is 2.46. The van der Waals surface area contributed by atoms with Crippen molar-refractivity contribution < 1.29 is 9.50 Å². The zero-order chi connectivity index (χ0) is 11.3. The van der Waals surface area contributed by atoms with Crippen LogP contribution in [0.3, 0.4) is 0 Å². The Morgan fingerprint density at radius 2 is 2.07 bits per heavy atom. The van der Waals surface area contributed by atoms with E-state index in [2.05, 4.69) is 10.5 Å². The Bertz CT molecular complexity index is 468. The molecule has 0 fully saturated rings. The monoisotopic (exact) mass is 204 g/mol. The predicted octanol–water partition coefficient (Wildman–Crippen LogP) is 1.35. The van der Waals surface area contributed by atoms with Gasteiger partial charge < -0.3 is 5.11 Å². The minimum absolute atomic E-state index is 0.0157. The summed E-state index contributed by atoms with van der Waals surface area (Å²) in [6.07, 6.45) is 0. The van der Waals surface area contributed by atoms with E-state index in [0.717, 1.165) is 18.2 Å². The third-order valence-corrected chi connectivity index (χ3v) is 1.46. The number of nitriles is 2. The van der Waals surface area contributed by atoms with Crippen LogP contribution in [0.4, 0.5) is 10.1 Å². The van der Waals surface area contributed by atoms with Gasteiger partial charge >= 0.3 is 0 Å². The molecule has 0 unspecified atom stereocenters. The quantitative estimate of drug-likeness (QED) is 0.432. The molecule has 0 heterocycles. The van der Waals surface area contributed by atoms with Gasteiger partial charge in [0.1, 0.15) is 29.4 Å². The average Bonchev–Trinajstić information content (AvgIpc) is 2.24. The number of rotatable bonds is 2. The molecule has 1 rings (SSSR count). The molecule has 1 aromatic rings. The zero-order valence-electron chi connectivity index (χ0n) is 7.40. The van der Waals surface area contributed by atoms with Crippen molar-refractivity contribution in [2.45, 2.75) is 0 Å². The number of halogens is 1. The summed E-state index contributed by atoms with van der Waals surface area (Å²) in [6.45, 7) is 0. The maximum Gasteiger partial charge on any atom is 0.237 e. The van der Waals surface area contributed by atoms with Crippen LogP contribution in [-0.2, 0) is 0 Å². The summed E-state index contributed by atoms with van der Waals surface area (Å²) in [5.41, 5.74) is 1.78. The van der Waals surface area contributed by atoms with E-state index in [-0.39, 0.29) is 11.4 Å². The van der Waals surface area contributed by atoms with Crippen molar-refractivity contribution in [3.63, 3.8) is 0 Å². The molecule has 0 amide bonds. The molecule has 1 aromatic carbocycles. The number of nitrogens with one attached hydrogen (secondary N) is 1. The predicted molar refractivity (Wildman–Crippen MR) is 50.3 cm³/mol. The van der Waals surface area contributed by atoms with Gasteiger partial charge in [0, 0.05) is 6.07 Å². The zero-order valence-corrected chi connectivity index (χ0v) is 7.40. The second kappa shape index (κ2) is 4.58. The van der Waals surface area contributed by atoms with E-state index >= 15 is 0 Å². The lowest BCUT2D eigenvalue weighted by Crippen LogP contribution is -1.96. The Hall–Kier alpha value is -2.60. The van der Waals surface area contributed by atoms with Gasteiger partial charge in [-0.15, -0.1) is 0 Å². The van der Waals surface area contributed by atoms with Crippen LogP contribution in [0.2, 0.25) is 0 Å². The van der Waals surface area contributed by atoms with Gasteiger partial charge in [0.25, 0.3) is 0 Å². The third-order valence-electron chi connectivity index (χ3n) is 1.46. The van der Waals surface area contributed by atoms with Crippen LogP contribution in [0.1, 0.15) is 0 Å². The molecule has 0 aliphatic rings. The lowest BCUT2D eigenvalue weighted by Gasteiger charge is -2.02. The van der Waals surface area contributed by atoms with Crippen molar-refractivity contribution in [1.29, 1.82) is 10.5 Å². The molecule has 74 valence electrons. The number of phenolic OH excluding ortho intramolecular Hbond substituents is 1.